The smallest absolute Gasteiger partial charge is 0.0399 e. The van der Waals surface area contributed by atoms with E-state index in [1.165, 1.54) is 16.8 Å². The van der Waals surface area contributed by atoms with E-state index in [0.717, 1.165) is 19.6 Å². The Morgan fingerprint density at radius 2 is 2.00 bits per heavy atom. The Bertz CT molecular complexity index is 430. The van der Waals surface area contributed by atoms with E-state index >= 15 is 0 Å². The first-order valence-corrected chi connectivity index (χ1v) is 7.22. The quantitative estimate of drug-likeness (QED) is 0.898. The average Bonchev–Trinajstić information content (AvgIpc) is 2.38. The number of aryl methyl sites for hydroxylation is 1. The van der Waals surface area contributed by atoms with Crippen molar-refractivity contribution in [1.82, 2.24) is 10.2 Å². The molecule has 19 heavy (non-hydrogen) atoms. The topological polar surface area (TPSA) is 18.5 Å². The van der Waals surface area contributed by atoms with Crippen LogP contribution in [0, 0.1) is 13.8 Å². The lowest BCUT2D eigenvalue weighted by molar-refractivity contribution is 0.157. The standard InChI is InChI=1S/C16H27N3/c1-12-7-6-8-16(14(12)3)19-10-13(2)18(5)15(11-19)9-17-4/h6-8,13,15,17H,9-11H2,1-5H3. The highest BCUT2D eigenvalue weighted by Gasteiger charge is 2.29. The van der Waals surface area contributed by atoms with Crippen molar-refractivity contribution in [2.45, 2.75) is 32.9 Å². The summed E-state index contributed by atoms with van der Waals surface area (Å²) in [5.74, 6) is 0. The SMILES string of the molecule is CNCC1CN(c2cccc(C)c2C)CC(C)N1C. The van der Waals surface area contributed by atoms with E-state index < -0.39 is 0 Å². The summed E-state index contributed by atoms with van der Waals surface area (Å²) in [6.45, 7) is 10.0. The second kappa shape index (κ2) is 5.93. The first-order valence-electron chi connectivity index (χ1n) is 7.22. The molecule has 2 rings (SSSR count). The van der Waals surface area contributed by atoms with Gasteiger partial charge >= 0.3 is 0 Å². The van der Waals surface area contributed by atoms with Crippen LogP contribution < -0.4 is 10.2 Å². The molecule has 2 atom stereocenters. The van der Waals surface area contributed by atoms with Crippen molar-refractivity contribution in [3.63, 3.8) is 0 Å². The van der Waals surface area contributed by atoms with Crippen LogP contribution in [0.3, 0.4) is 0 Å². The highest BCUT2D eigenvalue weighted by atomic mass is 15.3. The molecule has 2 unspecified atom stereocenters. The van der Waals surface area contributed by atoms with E-state index in [0.29, 0.717) is 12.1 Å². The summed E-state index contributed by atoms with van der Waals surface area (Å²) < 4.78 is 0. The zero-order chi connectivity index (χ0) is 14.0. The Kier molecular flexibility index (Phi) is 4.48. The monoisotopic (exact) mass is 261 g/mol. The van der Waals surface area contributed by atoms with Crippen LogP contribution in [0.4, 0.5) is 5.69 Å². The minimum absolute atomic E-state index is 0.577. The molecule has 106 valence electrons. The molecule has 1 aromatic rings. The summed E-state index contributed by atoms with van der Waals surface area (Å²) in [4.78, 5) is 5.05. The Morgan fingerprint density at radius 3 is 2.68 bits per heavy atom. The highest BCUT2D eigenvalue weighted by molar-refractivity contribution is 5.56. The van der Waals surface area contributed by atoms with E-state index in [-0.39, 0.29) is 0 Å². The Labute approximate surface area is 117 Å². The number of piperazine rings is 1. The maximum absolute atomic E-state index is 3.32. The van der Waals surface area contributed by atoms with Gasteiger partial charge in [-0.25, -0.2) is 0 Å². The zero-order valence-corrected chi connectivity index (χ0v) is 12.9. The molecule has 1 aliphatic rings. The van der Waals surface area contributed by atoms with Crippen molar-refractivity contribution in [2.24, 2.45) is 0 Å². The summed E-state index contributed by atoms with van der Waals surface area (Å²) >= 11 is 0. The van der Waals surface area contributed by atoms with E-state index in [2.05, 4.69) is 61.1 Å². The van der Waals surface area contributed by atoms with Gasteiger partial charge in [-0.1, -0.05) is 12.1 Å². The molecule has 0 radical (unpaired) electrons. The minimum Gasteiger partial charge on any atom is -0.368 e. The molecule has 3 heteroatoms. The molecule has 0 bridgehead atoms. The van der Waals surface area contributed by atoms with Gasteiger partial charge < -0.3 is 10.2 Å². The maximum Gasteiger partial charge on any atom is 0.0399 e. The molecule has 1 N–H and O–H groups in total. The summed E-state index contributed by atoms with van der Waals surface area (Å²) in [6, 6.07) is 7.80. The normalized spacial score (nSPS) is 24.8. The lowest BCUT2D eigenvalue weighted by Crippen LogP contribution is -2.59. The van der Waals surface area contributed by atoms with E-state index in [9.17, 15) is 0 Å². The molecule has 0 amide bonds. The van der Waals surface area contributed by atoms with E-state index in [1.54, 1.807) is 0 Å². The van der Waals surface area contributed by atoms with Crippen LogP contribution in [0.1, 0.15) is 18.1 Å². The molecule has 1 fully saturated rings. The number of likely N-dealkylation sites (N-methyl/N-ethyl adjacent to an activating group) is 2. The summed E-state index contributed by atoms with van der Waals surface area (Å²) in [6.07, 6.45) is 0. The highest BCUT2D eigenvalue weighted by Crippen LogP contribution is 2.26. The number of nitrogens with zero attached hydrogens (tertiary/aromatic N) is 2. The summed E-state index contributed by atoms with van der Waals surface area (Å²) in [7, 11) is 4.28. The van der Waals surface area contributed by atoms with E-state index in [1.807, 2.05) is 7.05 Å². The molecule has 0 aromatic heterocycles. The number of hydrogen-bond donors (Lipinski definition) is 1. The third-order valence-corrected chi connectivity index (χ3v) is 4.54. The molecule has 0 aliphatic carbocycles. The number of benzene rings is 1. The predicted molar refractivity (Wildman–Crippen MR) is 83.1 cm³/mol. The van der Waals surface area contributed by atoms with Gasteiger partial charge in [0.15, 0.2) is 0 Å². The Hall–Kier alpha value is -1.06. The molecule has 1 aliphatic heterocycles. The number of rotatable bonds is 3. The molecule has 0 saturated carbocycles. The van der Waals surface area contributed by atoms with Gasteiger partial charge in [0.1, 0.15) is 0 Å². The fourth-order valence-electron chi connectivity index (χ4n) is 2.98. The molecule has 3 nitrogen and oxygen atoms in total. The molecule has 0 spiro atoms. The van der Waals surface area contributed by atoms with E-state index in [4.69, 9.17) is 0 Å². The lowest BCUT2D eigenvalue weighted by Gasteiger charge is -2.45. The van der Waals surface area contributed by atoms with Gasteiger partial charge in [0.05, 0.1) is 0 Å². The van der Waals surface area contributed by atoms with Crippen molar-refractivity contribution in [2.75, 3.05) is 38.6 Å². The fourth-order valence-corrected chi connectivity index (χ4v) is 2.98. The number of nitrogens with one attached hydrogen (secondary N) is 1. The maximum atomic E-state index is 3.32. The Balaban J connectivity index is 2.23. The van der Waals surface area contributed by atoms with Crippen LogP contribution >= 0.6 is 0 Å². The summed E-state index contributed by atoms with van der Waals surface area (Å²) in [5, 5.41) is 3.32. The predicted octanol–water partition coefficient (Wildman–Crippen LogP) is 2.03. The van der Waals surface area contributed by atoms with Crippen molar-refractivity contribution in [3.05, 3.63) is 29.3 Å². The Morgan fingerprint density at radius 1 is 1.26 bits per heavy atom. The molecule has 1 heterocycles. The van der Waals surface area contributed by atoms with Crippen LogP contribution in [0.2, 0.25) is 0 Å². The van der Waals surface area contributed by atoms with Crippen LogP contribution in [0.5, 0.6) is 0 Å². The molecule has 1 saturated heterocycles. The van der Waals surface area contributed by atoms with Crippen LogP contribution in [-0.2, 0) is 0 Å². The molecular formula is C16H27N3. The second-order valence-electron chi connectivity index (χ2n) is 5.85. The zero-order valence-electron chi connectivity index (χ0n) is 12.9. The van der Waals surface area contributed by atoms with Crippen molar-refractivity contribution >= 4 is 5.69 Å². The molecule has 1 aromatic carbocycles. The van der Waals surface area contributed by atoms with Gasteiger partial charge in [-0.15, -0.1) is 0 Å². The first kappa shape index (κ1) is 14.4. The van der Waals surface area contributed by atoms with Crippen LogP contribution in [0.25, 0.3) is 0 Å². The van der Waals surface area contributed by atoms with Gasteiger partial charge in [0.25, 0.3) is 0 Å². The number of anilines is 1. The van der Waals surface area contributed by atoms with Crippen molar-refractivity contribution < 1.29 is 0 Å². The fraction of sp³-hybridized carbons (Fsp3) is 0.625. The minimum atomic E-state index is 0.577. The summed E-state index contributed by atoms with van der Waals surface area (Å²) in [5.41, 5.74) is 4.21. The van der Waals surface area contributed by atoms with Crippen LogP contribution in [-0.4, -0.2) is 50.7 Å². The van der Waals surface area contributed by atoms with Gasteiger partial charge in [-0.2, -0.15) is 0 Å². The first-order chi connectivity index (χ1) is 9.04. The van der Waals surface area contributed by atoms with Crippen molar-refractivity contribution in [3.8, 4) is 0 Å². The van der Waals surface area contributed by atoms with Gasteiger partial charge in [0.2, 0.25) is 0 Å². The third-order valence-electron chi connectivity index (χ3n) is 4.54. The van der Waals surface area contributed by atoms with Crippen molar-refractivity contribution in [1.29, 1.82) is 0 Å². The number of hydrogen-bond acceptors (Lipinski definition) is 3. The van der Waals surface area contributed by atoms with Gasteiger partial charge in [0, 0.05) is 37.4 Å². The van der Waals surface area contributed by atoms with Crippen LogP contribution in [0.15, 0.2) is 18.2 Å². The van der Waals surface area contributed by atoms with Gasteiger partial charge in [-0.05, 0) is 52.1 Å². The second-order valence-corrected chi connectivity index (χ2v) is 5.85. The average molecular weight is 261 g/mol. The molecular weight excluding hydrogens is 234 g/mol. The largest absolute Gasteiger partial charge is 0.368 e. The lowest BCUT2D eigenvalue weighted by atomic mass is 10.0. The van der Waals surface area contributed by atoms with Gasteiger partial charge in [-0.3, -0.25) is 4.90 Å². The third kappa shape index (κ3) is 2.93.